The quantitative estimate of drug-likeness (QED) is 0.842. The number of ether oxygens (including phenoxy) is 1. The third-order valence-electron chi connectivity index (χ3n) is 5.03. The summed E-state index contributed by atoms with van der Waals surface area (Å²) in [4.78, 5) is 13.6. The molecule has 0 unspecified atom stereocenters. The summed E-state index contributed by atoms with van der Waals surface area (Å²) in [6, 6.07) is 2.76. The van der Waals surface area contributed by atoms with Gasteiger partial charge >= 0.3 is 0 Å². The molecule has 2 saturated heterocycles. The molecule has 0 aliphatic carbocycles. The van der Waals surface area contributed by atoms with E-state index >= 15 is 0 Å². The van der Waals surface area contributed by atoms with Crippen molar-refractivity contribution in [3.05, 3.63) is 24.3 Å². The van der Waals surface area contributed by atoms with Gasteiger partial charge in [0.15, 0.2) is 0 Å². The van der Waals surface area contributed by atoms with Gasteiger partial charge in [-0.15, -0.1) is 0 Å². The average molecular weight is 304 g/mol. The fourth-order valence-electron chi connectivity index (χ4n) is 3.70. The van der Waals surface area contributed by atoms with Crippen molar-refractivity contribution < 1.29 is 4.74 Å². The second kappa shape index (κ2) is 7.99. The smallest absolute Gasteiger partial charge is 0.115 e. The summed E-state index contributed by atoms with van der Waals surface area (Å²) in [5.74, 6) is 0.543. The van der Waals surface area contributed by atoms with E-state index < -0.39 is 0 Å². The van der Waals surface area contributed by atoms with E-state index in [2.05, 4.69) is 26.7 Å². The molecule has 0 saturated carbocycles. The van der Waals surface area contributed by atoms with Gasteiger partial charge in [-0.05, 0) is 45.0 Å². The maximum atomic E-state index is 5.85. The highest BCUT2D eigenvalue weighted by Gasteiger charge is 2.27. The van der Waals surface area contributed by atoms with Gasteiger partial charge in [0.1, 0.15) is 6.33 Å². The van der Waals surface area contributed by atoms with Gasteiger partial charge in [-0.25, -0.2) is 9.97 Å². The Morgan fingerprint density at radius 2 is 2.14 bits per heavy atom. The third-order valence-corrected chi connectivity index (χ3v) is 5.03. The largest absolute Gasteiger partial charge is 0.380 e. The van der Waals surface area contributed by atoms with Crippen molar-refractivity contribution in [3.63, 3.8) is 0 Å². The van der Waals surface area contributed by atoms with Crippen LogP contribution >= 0.6 is 0 Å². The zero-order valence-corrected chi connectivity index (χ0v) is 13.7. The molecule has 3 rings (SSSR count). The van der Waals surface area contributed by atoms with E-state index in [-0.39, 0.29) is 0 Å². The normalized spacial score (nSPS) is 26.0. The predicted octanol–water partition coefficient (Wildman–Crippen LogP) is 1.45. The maximum Gasteiger partial charge on any atom is 0.115 e. The summed E-state index contributed by atoms with van der Waals surface area (Å²) in [7, 11) is 0. The molecule has 1 aromatic heterocycles. The fourth-order valence-corrected chi connectivity index (χ4v) is 3.70. The molecular formula is C17H28N4O. The minimum absolute atomic E-state index is 0.543. The van der Waals surface area contributed by atoms with E-state index in [0.29, 0.717) is 5.92 Å². The van der Waals surface area contributed by atoms with E-state index in [9.17, 15) is 0 Å². The number of likely N-dealkylation sites (tertiary alicyclic amines) is 1. The standard InChI is InChI=1S/C17H28N4O/c1-2-20-7-4-17(5-8-20)21-9-10-22-13-15(12-21)11-16-3-6-18-14-19-16/h3,6,14-15,17H,2,4-5,7-13H2,1H3/t15-/m1/s1. The van der Waals surface area contributed by atoms with E-state index in [0.717, 1.165) is 44.5 Å². The topological polar surface area (TPSA) is 41.5 Å². The molecule has 22 heavy (non-hydrogen) atoms. The van der Waals surface area contributed by atoms with Crippen LogP contribution in [-0.2, 0) is 11.2 Å². The summed E-state index contributed by atoms with van der Waals surface area (Å²) < 4.78 is 5.85. The highest BCUT2D eigenvalue weighted by Crippen LogP contribution is 2.20. The van der Waals surface area contributed by atoms with E-state index in [1.54, 1.807) is 6.33 Å². The van der Waals surface area contributed by atoms with Crippen LogP contribution in [0.4, 0.5) is 0 Å². The summed E-state index contributed by atoms with van der Waals surface area (Å²) >= 11 is 0. The number of nitrogens with zero attached hydrogens (tertiary/aromatic N) is 4. The molecule has 122 valence electrons. The lowest BCUT2D eigenvalue weighted by molar-refractivity contribution is 0.0987. The van der Waals surface area contributed by atoms with Gasteiger partial charge in [-0.2, -0.15) is 0 Å². The molecule has 0 aromatic carbocycles. The van der Waals surface area contributed by atoms with Gasteiger partial charge in [0.2, 0.25) is 0 Å². The van der Waals surface area contributed by atoms with Crippen molar-refractivity contribution >= 4 is 0 Å². The van der Waals surface area contributed by atoms with Crippen molar-refractivity contribution in [1.29, 1.82) is 0 Å². The van der Waals surface area contributed by atoms with Gasteiger partial charge in [0.25, 0.3) is 0 Å². The lowest BCUT2D eigenvalue weighted by Gasteiger charge is -2.38. The molecule has 0 amide bonds. The first kappa shape index (κ1) is 15.8. The van der Waals surface area contributed by atoms with Crippen LogP contribution in [-0.4, -0.2) is 71.7 Å². The lowest BCUT2D eigenvalue weighted by atomic mass is 9.99. The molecule has 5 heteroatoms. The molecule has 0 spiro atoms. The third kappa shape index (κ3) is 4.24. The Morgan fingerprint density at radius 3 is 2.86 bits per heavy atom. The number of rotatable bonds is 4. The molecule has 5 nitrogen and oxygen atoms in total. The Hall–Kier alpha value is -1.04. The van der Waals surface area contributed by atoms with E-state index in [4.69, 9.17) is 4.74 Å². The zero-order valence-electron chi connectivity index (χ0n) is 13.7. The van der Waals surface area contributed by atoms with Crippen molar-refractivity contribution in [2.24, 2.45) is 5.92 Å². The zero-order chi connectivity index (χ0) is 15.2. The van der Waals surface area contributed by atoms with Crippen molar-refractivity contribution in [2.45, 2.75) is 32.2 Å². The molecule has 0 bridgehead atoms. The molecule has 1 atom stereocenters. The molecule has 2 aliphatic rings. The molecule has 1 aromatic rings. The summed E-state index contributed by atoms with van der Waals surface area (Å²) in [6.45, 7) is 9.88. The monoisotopic (exact) mass is 304 g/mol. The Kier molecular flexibility index (Phi) is 5.76. The first-order valence-electron chi connectivity index (χ1n) is 8.64. The molecular weight excluding hydrogens is 276 g/mol. The Bertz CT molecular complexity index is 434. The van der Waals surface area contributed by atoms with Crippen molar-refractivity contribution in [1.82, 2.24) is 19.8 Å². The van der Waals surface area contributed by atoms with Crippen LogP contribution in [0.15, 0.2) is 18.6 Å². The second-order valence-corrected chi connectivity index (χ2v) is 6.51. The Balaban J connectivity index is 1.56. The van der Waals surface area contributed by atoms with Gasteiger partial charge in [0.05, 0.1) is 13.2 Å². The van der Waals surface area contributed by atoms with Gasteiger partial charge < -0.3 is 9.64 Å². The number of hydrogen-bond donors (Lipinski definition) is 0. The fraction of sp³-hybridized carbons (Fsp3) is 0.765. The first-order chi connectivity index (χ1) is 10.8. The Labute approximate surface area is 133 Å². The van der Waals surface area contributed by atoms with Crippen LogP contribution < -0.4 is 0 Å². The van der Waals surface area contributed by atoms with Crippen LogP contribution in [0.2, 0.25) is 0 Å². The van der Waals surface area contributed by atoms with Crippen LogP contribution in [0.25, 0.3) is 0 Å². The van der Waals surface area contributed by atoms with E-state index in [1.807, 2.05) is 12.3 Å². The van der Waals surface area contributed by atoms with Gasteiger partial charge in [0, 0.05) is 36.9 Å². The molecule has 0 radical (unpaired) electrons. The van der Waals surface area contributed by atoms with Crippen LogP contribution in [0.5, 0.6) is 0 Å². The highest BCUT2D eigenvalue weighted by molar-refractivity contribution is 5.00. The summed E-state index contributed by atoms with van der Waals surface area (Å²) in [5, 5.41) is 0. The Morgan fingerprint density at radius 1 is 1.27 bits per heavy atom. The molecule has 0 N–H and O–H groups in total. The highest BCUT2D eigenvalue weighted by atomic mass is 16.5. The number of piperidine rings is 1. The SMILES string of the molecule is CCN1CCC(N2CCOC[C@H](Cc3ccncn3)C2)CC1. The molecule has 2 aliphatic heterocycles. The van der Waals surface area contributed by atoms with Crippen molar-refractivity contribution in [3.8, 4) is 0 Å². The van der Waals surface area contributed by atoms with Crippen molar-refractivity contribution in [2.75, 3.05) is 45.9 Å². The summed E-state index contributed by atoms with van der Waals surface area (Å²) in [5.41, 5.74) is 1.13. The van der Waals surface area contributed by atoms with Gasteiger partial charge in [-0.3, -0.25) is 4.90 Å². The minimum atomic E-state index is 0.543. The lowest BCUT2D eigenvalue weighted by Crippen LogP contribution is -2.46. The van der Waals surface area contributed by atoms with Gasteiger partial charge in [-0.1, -0.05) is 6.92 Å². The first-order valence-corrected chi connectivity index (χ1v) is 8.64. The molecule has 3 heterocycles. The summed E-state index contributed by atoms with van der Waals surface area (Å²) in [6.07, 6.45) is 7.07. The molecule has 2 fully saturated rings. The predicted molar refractivity (Wildman–Crippen MR) is 86.8 cm³/mol. The second-order valence-electron chi connectivity index (χ2n) is 6.51. The van der Waals surface area contributed by atoms with Crippen LogP contribution in [0, 0.1) is 5.92 Å². The minimum Gasteiger partial charge on any atom is -0.380 e. The van der Waals surface area contributed by atoms with E-state index in [1.165, 1.54) is 32.5 Å². The number of hydrogen-bond acceptors (Lipinski definition) is 5. The van der Waals surface area contributed by atoms with Crippen LogP contribution in [0.3, 0.4) is 0 Å². The number of aromatic nitrogens is 2. The maximum absolute atomic E-state index is 5.85. The van der Waals surface area contributed by atoms with Crippen LogP contribution in [0.1, 0.15) is 25.5 Å². The average Bonchev–Trinajstić information content (AvgIpc) is 2.81.